The molecule has 0 spiro atoms. The number of nitrogens with one attached hydrogen (secondary N) is 2. The number of aromatic nitrogens is 3. The average Bonchev–Trinajstić information content (AvgIpc) is 3.28. The van der Waals surface area contributed by atoms with Crippen LogP contribution in [0.15, 0.2) is 72.9 Å². The van der Waals surface area contributed by atoms with Gasteiger partial charge < -0.3 is 15.7 Å². The minimum atomic E-state index is -1.08. The highest BCUT2D eigenvalue weighted by Gasteiger charge is 2.21. The Morgan fingerprint density at radius 2 is 1.81 bits per heavy atom. The molecule has 8 heteroatoms. The third-order valence-electron chi connectivity index (χ3n) is 5.08. The minimum absolute atomic E-state index is 0.212. The molecule has 4 rings (SSSR count). The van der Waals surface area contributed by atoms with Crippen molar-refractivity contribution in [3.05, 3.63) is 89.7 Å². The Balaban J connectivity index is 1.47. The molecular weight excluding hydrogens is 406 g/mol. The number of aryl methyl sites for hydroxylation is 1. The summed E-state index contributed by atoms with van der Waals surface area (Å²) in [5, 5.41) is 19.7. The van der Waals surface area contributed by atoms with E-state index < -0.39 is 17.9 Å². The number of amides is 1. The molecule has 1 atom stereocenters. The van der Waals surface area contributed by atoms with Gasteiger partial charge in [0.1, 0.15) is 11.9 Å². The number of nitrogens with zero attached hydrogens (tertiary/aromatic N) is 3. The Labute approximate surface area is 184 Å². The van der Waals surface area contributed by atoms with Crippen LogP contribution >= 0.6 is 0 Å². The molecule has 0 saturated heterocycles. The molecule has 0 unspecified atom stereocenters. The molecule has 2 aromatic carbocycles. The second kappa shape index (κ2) is 9.30. The van der Waals surface area contributed by atoms with Gasteiger partial charge in [0.05, 0.1) is 6.20 Å². The van der Waals surface area contributed by atoms with Crippen LogP contribution in [0.5, 0.6) is 0 Å². The van der Waals surface area contributed by atoms with Crippen molar-refractivity contribution in [1.82, 2.24) is 19.9 Å². The van der Waals surface area contributed by atoms with Crippen LogP contribution in [-0.4, -0.2) is 37.6 Å². The van der Waals surface area contributed by atoms with Gasteiger partial charge in [-0.05, 0) is 36.2 Å². The van der Waals surface area contributed by atoms with Gasteiger partial charge in [-0.1, -0.05) is 37.3 Å². The molecule has 1 amide bonds. The summed E-state index contributed by atoms with van der Waals surface area (Å²) in [4.78, 5) is 28.8. The quantitative estimate of drug-likeness (QED) is 0.396. The van der Waals surface area contributed by atoms with Gasteiger partial charge in [0.25, 0.3) is 5.91 Å². The summed E-state index contributed by atoms with van der Waals surface area (Å²) in [6, 6.07) is 18.8. The molecule has 2 heterocycles. The Kier molecular flexibility index (Phi) is 6.12. The lowest BCUT2D eigenvalue weighted by molar-refractivity contribution is -0.139. The third-order valence-corrected chi connectivity index (χ3v) is 5.08. The van der Waals surface area contributed by atoms with Gasteiger partial charge in [0, 0.05) is 35.5 Å². The second-order valence-electron chi connectivity index (χ2n) is 7.34. The number of fused-ring (bicyclic) bond motifs is 1. The van der Waals surface area contributed by atoms with E-state index in [9.17, 15) is 14.7 Å². The molecule has 0 saturated carbocycles. The molecular formula is C24H23N5O3. The van der Waals surface area contributed by atoms with E-state index in [0.29, 0.717) is 5.56 Å². The molecule has 4 aromatic rings. The van der Waals surface area contributed by atoms with Crippen LogP contribution in [-0.2, 0) is 17.6 Å². The summed E-state index contributed by atoms with van der Waals surface area (Å²) in [6.07, 6.45) is 2.70. The van der Waals surface area contributed by atoms with Gasteiger partial charge in [0.15, 0.2) is 5.65 Å². The molecule has 162 valence electrons. The average molecular weight is 429 g/mol. The lowest BCUT2D eigenvalue weighted by Gasteiger charge is -2.15. The largest absolute Gasteiger partial charge is 0.480 e. The lowest BCUT2D eigenvalue weighted by Crippen LogP contribution is -2.42. The zero-order valence-corrected chi connectivity index (χ0v) is 17.5. The maximum atomic E-state index is 12.6. The van der Waals surface area contributed by atoms with Gasteiger partial charge in [0.2, 0.25) is 0 Å². The number of aliphatic carboxylic acids is 1. The number of hydrogen-bond donors (Lipinski definition) is 3. The van der Waals surface area contributed by atoms with Gasteiger partial charge in [-0.2, -0.15) is 9.61 Å². The first-order valence-corrected chi connectivity index (χ1v) is 10.3. The third kappa shape index (κ3) is 4.75. The monoisotopic (exact) mass is 429 g/mol. The van der Waals surface area contributed by atoms with Gasteiger partial charge in [-0.25, -0.2) is 9.78 Å². The summed E-state index contributed by atoms with van der Waals surface area (Å²) in [6.45, 7) is 2.04. The van der Waals surface area contributed by atoms with Crippen molar-refractivity contribution in [3.8, 4) is 0 Å². The number of benzene rings is 2. The van der Waals surface area contributed by atoms with Crippen LogP contribution in [0, 0.1) is 0 Å². The van der Waals surface area contributed by atoms with E-state index >= 15 is 0 Å². The van der Waals surface area contributed by atoms with Crippen molar-refractivity contribution >= 4 is 29.0 Å². The molecule has 0 aliphatic heterocycles. The first-order chi connectivity index (χ1) is 15.5. The van der Waals surface area contributed by atoms with E-state index in [2.05, 4.69) is 20.7 Å². The van der Waals surface area contributed by atoms with E-state index in [1.165, 1.54) is 0 Å². The predicted octanol–water partition coefficient (Wildman–Crippen LogP) is 3.46. The maximum absolute atomic E-state index is 12.6. The summed E-state index contributed by atoms with van der Waals surface area (Å²) >= 11 is 0. The van der Waals surface area contributed by atoms with Gasteiger partial charge >= 0.3 is 5.97 Å². The van der Waals surface area contributed by atoms with Crippen LogP contribution in [0.25, 0.3) is 5.65 Å². The number of carboxylic acid groups (broad SMARTS) is 1. The van der Waals surface area contributed by atoms with Gasteiger partial charge in [-0.3, -0.25) is 4.79 Å². The number of rotatable bonds is 8. The summed E-state index contributed by atoms with van der Waals surface area (Å²) in [7, 11) is 0. The number of carbonyl (C=O) groups excluding carboxylic acids is 1. The first kappa shape index (κ1) is 21.0. The molecule has 0 fully saturated rings. The topological polar surface area (TPSA) is 109 Å². The minimum Gasteiger partial charge on any atom is -0.480 e. The summed E-state index contributed by atoms with van der Waals surface area (Å²) in [5.41, 5.74) is 3.68. The fourth-order valence-electron chi connectivity index (χ4n) is 3.38. The van der Waals surface area contributed by atoms with E-state index in [-0.39, 0.29) is 6.42 Å². The van der Waals surface area contributed by atoms with Crippen molar-refractivity contribution in [2.45, 2.75) is 25.8 Å². The van der Waals surface area contributed by atoms with Crippen LogP contribution < -0.4 is 10.6 Å². The molecule has 0 aliphatic carbocycles. The normalized spacial score (nSPS) is 11.8. The van der Waals surface area contributed by atoms with Crippen molar-refractivity contribution in [3.63, 3.8) is 0 Å². The Morgan fingerprint density at radius 1 is 1.06 bits per heavy atom. The number of carboxylic acids is 1. The molecule has 3 N–H and O–H groups in total. The molecule has 2 aromatic heterocycles. The van der Waals surface area contributed by atoms with Crippen molar-refractivity contribution in [1.29, 1.82) is 0 Å². The standard InChI is InChI=1S/C24H23N5O3/c1-2-18-15-22(29-21(26-18)12-13-25-29)27-19-10-8-17(9-11-19)23(30)28-20(24(31)32)14-16-6-4-3-5-7-16/h3-13,15,20,27H,2,14H2,1H3,(H,28,30)(H,31,32)/t20-/m0/s1. The van der Waals surface area contributed by atoms with Crippen LogP contribution in [0.2, 0.25) is 0 Å². The SMILES string of the molecule is CCc1cc(Nc2ccc(C(=O)N[C@@H](Cc3ccccc3)C(=O)O)cc2)n2nccc2n1. The number of carbonyl (C=O) groups is 2. The van der Waals surface area contributed by atoms with Crippen molar-refractivity contribution in [2.75, 3.05) is 5.32 Å². The van der Waals surface area contributed by atoms with Crippen molar-refractivity contribution < 1.29 is 14.7 Å². The second-order valence-corrected chi connectivity index (χ2v) is 7.34. The molecule has 0 bridgehead atoms. The van der Waals surface area contributed by atoms with Gasteiger partial charge in [-0.15, -0.1) is 0 Å². The fraction of sp³-hybridized carbons (Fsp3) is 0.167. The molecule has 32 heavy (non-hydrogen) atoms. The van der Waals surface area contributed by atoms with E-state index in [4.69, 9.17) is 0 Å². The van der Waals surface area contributed by atoms with Crippen LogP contribution in [0.1, 0.15) is 28.5 Å². The van der Waals surface area contributed by atoms with E-state index in [0.717, 1.165) is 34.8 Å². The highest BCUT2D eigenvalue weighted by atomic mass is 16.4. The summed E-state index contributed by atoms with van der Waals surface area (Å²) < 4.78 is 1.71. The lowest BCUT2D eigenvalue weighted by atomic mass is 10.1. The van der Waals surface area contributed by atoms with E-state index in [1.807, 2.05) is 49.4 Å². The Hall–Kier alpha value is -4.20. The van der Waals surface area contributed by atoms with Crippen molar-refractivity contribution in [2.24, 2.45) is 0 Å². The maximum Gasteiger partial charge on any atom is 0.326 e. The Bertz CT molecular complexity index is 1240. The molecule has 8 nitrogen and oxygen atoms in total. The highest BCUT2D eigenvalue weighted by Crippen LogP contribution is 2.19. The van der Waals surface area contributed by atoms with E-state index in [1.54, 1.807) is 35.0 Å². The molecule has 0 aliphatic rings. The number of hydrogen-bond acceptors (Lipinski definition) is 5. The highest BCUT2D eigenvalue weighted by molar-refractivity contribution is 5.97. The smallest absolute Gasteiger partial charge is 0.326 e. The summed E-state index contributed by atoms with van der Waals surface area (Å²) in [5.74, 6) is -0.748. The Morgan fingerprint density at radius 3 is 2.50 bits per heavy atom. The first-order valence-electron chi connectivity index (χ1n) is 10.3. The number of anilines is 2. The molecule has 0 radical (unpaired) electrons. The fourth-order valence-corrected chi connectivity index (χ4v) is 3.38. The zero-order valence-electron chi connectivity index (χ0n) is 17.5. The van der Waals surface area contributed by atoms with Crippen LogP contribution in [0.4, 0.5) is 11.5 Å². The zero-order chi connectivity index (χ0) is 22.5. The van der Waals surface area contributed by atoms with Crippen LogP contribution in [0.3, 0.4) is 0 Å². The predicted molar refractivity (Wildman–Crippen MR) is 121 cm³/mol.